The largest absolute Gasteiger partial charge is 0.353 e. The molecule has 3 rings (SSSR count). The van der Waals surface area contributed by atoms with Crippen LogP contribution in [0.5, 0.6) is 0 Å². The van der Waals surface area contributed by atoms with Crippen LogP contribution in [0.25, 0.3) is 0 Å². The van der Waals surface area contributed by atoms with Crippen LogP contribution in [0, 0.1) is 0 Å². The van der Waals surface area contributed by atoms with Gasteiger partial charge in [-0.25, -0.2) is 0 Å². The Morgan fingerprint density at radius 1 is 1.50 bits per heavy atom. The SMILES string of the molecule is O=C(CCN1CCCC1=O)N[C@H]1CCc2cn[nH]c2C1. The summed E-state index contributed by atoms with van der Waals surface area (Å²) < 4.78 is 0. The molecule has 1 aliphatic heterocycles. The summed E-state index contributed by atoms with van der Waals surface area (Å²) in [5.74, 6) is 0.218. The number of carbonyl (C=O) groups excluding carboxylic acids is 2. The molecule has 0 unspecified atom stereocenters. The number of aryl methyl sites for hydroxylation is 1. The molecule has 1 aromatic heterocycles. The van der Waals surface area contributed by atoms with Gasteiger partial charge in [0.05, 0.1) is 6.20 Å². The first-order valence-corrected chi connectivity index (χ1v) is 7.30. The number of carbonyl (C=O) groups is 2. The average molecular weight is 276 g/mol. The summed E-state index contributed by atoms with van der Waals surface area (Å²) in [6.07, 6.45) is 6.56. The van der Waals surface area contributed by atoms with Gasteiger partial charge in [0, 0.05) is 44.1 Å². The normalized spacial score (nSPS) is 21.9. The zero-order chi connectivity index (χ0) is 13.9. The quantitative estimate of drug-likeness (QED) is 0.835. The maximum Gasteiger partial charge on any atom is 0.222 e. The Bertz CT molecular complexity index is 511. The van der Waals surface area contributed by atoms with E-state index in [1.54, 1.807) is 4.90 Å². The summed E-state index contributed by atoms with van der Waals surface area (Å²) in [5, 5.41) is 10.1. The molecular formula is C14H20N4O2. The Kier molecular flexibility index (Phi) is 3.71. The molecule has 2 amide bonds. The van der Waals surface area contributed by atoms with E-state index in [0.29, 0.717) is 19.4 Å². The van der Waals surface area contributed by atoms with Crippen LogP contribution >= 0.6 is 0 Å². The van der Waals surface area contributed by atoms with Crippen LogP contribution in [0.1, 0.15) is 36.9 Å². The van der Waals surface area contributed by atoms with Crippen LogP contribution in [0.2, 0.25) is 0 Å². The van der Waals surface area contributed by atoms with Crippen molar-refractivity contribution in [1.82, 2.24) is 20.4 Å². The lowest BCUT2D eigenvalue weighted by atomic mass is 9.94. The smallest absolute Gasteiger partial charge is 0.222 e. The van der Waals surface area contributed by atoms with Gasteiger partial charge in [0.2, 0.25) is 11.8 Å². The molecule has 1 fully saturated rings. The van der Waals surface area contributed by atoms with Crippen LogP contribution in [0.4, 0.5) is 0 Å². The van der Waals surface area contributed by atoms with Crippen molar-refractivity contribution < 1.29 is 9.59 Å². The van der Waals surface area contributed by atoms with Gasteiger partial charge in [0.15, 0.2) is 0 Å². The molecule has 6 heteroatoms. The van der Waals surface area contributed by atoms with Crippen LogP contribution in [0.15, 0.2) is 6.20 Å². The molecule has 0 spiro atoms. The lowest BCUT2D eigenvalue weighted by Crippen LogP contribution is -2.40. The fraction of sp³-hybridized carbons (Fsp3) is 0.643. The van der Waals surface area contributed by atoms with E-state index in [9.17, 15) is 9.59 Å². The number of aromatic nitrogens is 2. The fourth-order valence-electron chi connectivity index (χ4n) is 3.01. The molecule has 0 aromatic carbocycles. The number of nitrogens with one attached hydrogen (secondary N) is 2. The first-order valence-electron chi connectivity index (χ1n) is 7.30. The first-order chi connectivity index (χ1) is 9.72. The highest BCUT2D eigenvalue weighted by atomic mass is 16.2. The zero-order valence-corrected chi connectivity index (χ0v) is 11.5. The molecule has 0 radical (unpaired) electrons. The number of nitrogens with zero attached hydrogens (tertiary/aromatic N) is 2. The molecule has 1 aliphatic carbocycles. The Balaban J connectivity index is 1.44. The molecule has 2 aliphatic rings. The number of likely N-dealkylation sites (tertiary alicyclic amines) is 1. The molecule has 1 atom stereocenters. The topological polar surface area (TPSA) is 78.1 Å². The molecule has 6 nitrogen and oxygen atoms in total. The van der Waals surface area contributed by atoms with Crippen molar-refractivity contribution in [3.05, 3.63) is 17.5 Å². The first kappa shape index (κ1) is 13.1. The van der Waals surface area contributed by atoms with E-state index in [1.165, 1.54) is 5.56 Å². The summed E-state index contributed by atoms with van der Waals surface area (Å²) in [6.45, 7) is 1.35. The predicted molar refractivity (Wildman–Crippen MR) is 73.0 cm³/mol. The Hall–Kier alpha value is -1.85. The summed E-state index contributed by atoms with van der Waals surface area (Å²) >= 11 is 0. The zero-order valence-electron chi connectivity index (χ0n) is 11.5. The lowest BCUT2D eigenvalue weighted by molar-refractivity contribution is -0.128. The molecule has 0 bridgehead atoms. The van der Waals surface area contributed by atoms with Gasteiger partial charge in [-0.05, 0) is 24.8 Å². The summed E-state index contributed by atoms with van der Waals surface area (Å²) in [4.78, 5) is 25.2. The second-order valence-corrected chi connectivity index (χ2v) is 5.62. The molecule has 108 valence electrons. The van der Waals surface area contributed by atoms with Crippen LogP contribution in [-0.2, 0) is 22.4 Å². The number of amides is 2. The van der Waals surface area contributed by atoms with Gasteiger partial charge in [-0.3, -0.25) is 14.7 Å². The van der Waals surface area contributed by atoms with Gasteiger partial charge in [0.1, 0.15) is 0 Å². The number of H-pyrrole nitrogens is 1. The Morgan fingerprint density at radius 3 is 3.20 bits per heavy atom. The molecule has 2 heterocycles. The van der Waals surface area contributed by atoms with E-state index in [0.717, 1.165) is 37.9 Å². The molecular weight excluding hydrogens is 256 g/mol. The third-order valence-electron chi connectivity index (χ3n) is 4.17. The molecule has 0 saturated carbocycles. The minimum atomic E-state index is 0.0395. The van der Waals surface area contributed by atoms with Crippen molar-refractivity contribution in [2.75, 3.05) is 13.1 Å². The van der Waals surface area contributed by atoms with Gasteiger partial charge >= 0.3 is 0 Å². The van der Waals surface area contributed by atoms with Crippen LogP contribution in [0.3, 0.4) is 0 Å². The number of hydrogen-bond acceptors (Lipinski definition) is 3. The molecule has 1 saturated heterocycles. The maximum atomic E-state index is 12.0. The second-order valence-electron chi connectivity index (χ2n) is 5.62. The number of rotatable bonds is 4. The van der Waals surface area contributed by atoms with Gasteiger partial charge in [0.25, 0.3) is 0 Å². The van der Waals surface area contributed by atoms with Crippen molar-refractivity contribution in [3.8, 4) is 0 Å². The maximum absolute atomic E-state index is 12.0. The fourth-order valence-corrected chi connectivity index (χ4v) is 3.01. The number of aromatic amines is 1. The van der Waals surface area contributed by atoms with Gasteiger partial charge < -0.3 is 10.2 Å². The summed E-state index contributed by atoms with van der Waals surface area (Å²) in [5.41, 5.74) is 2.40. The monoisotopic (exact) mass is 276 g/mol. The summed E-state index contributed by atoms with van der Waals surface area (Å²) in [7, 11) is 0. The predicted octanol–water partition coefficient (Wildman–Crippen LogP) is 0.396. The van der Waals surface area contributed by atoms with Crippen LogP contribution in [-0.4, -0.2) is 46.0 Å². The molecule has 20 heavy (non-hydrogen) atoms. The van der Waals surface area contributed by atoms with Crippen molar-refractivity contribution in [3.63, 3.8) is 0 Å². The van der Waals surface area contributed by atoms with Gasteiger partial charge in [-0.2, -0.15) is 5.10 Å². The van der Waals surface area contributed by atoms with Gasteiger partial charge in [-0.15, -0.1) is 0 Å². The van der Waals surface area contributed by atoms with E-state index in [1.807, 2.05) is 6.20 Å². The third kappa shape index (κ3) is 2.84. The van der Waals surface area contributed by atoms with E-state index in [4.69, 9.17) is 0 Å². The van der Waals surface area contributed by atoms with E-state index < -0.39 is 0 Å². The van der Waals surface area contributed by atoms with Crippen molar-refractivity contribution >= 4 is 11.8 Å². The minimum Gasteiger partial charge on any atom is -0.353 e. The lowest BCUT2D eigenvalue weighted by Gasteiger charge is -2.23. The van der Waals surface area contributed by atoms with E-state index >= 15 is 0 Å². The van der Waals surface area contributed by atoms with E-state index in [-0.39, 0.29) is 17.9 Å². The standard InChI is InChI=1S/C14H20N4O2/c19-13(5-7-18-6-1-2-14(18)20)16-11-4-3-10-9-15-17-12(10)8-11/h9,11H,1-8H2,(H,15,17)(H,16,19)/t11-/m0/s1. The number of fused-ring (bicyclic) bond motifs is 1. The third-order valence-corrected chi connectivity index (χ3v) is 4.17. The van der Waals surface area contributed by atoms with Gasteiger partial charge in [-0.1, -0.05) is 0 Å². The average Bonchev–Trinajstić information content (AvgIpc) is 3.04. The minimum absolute atomic E-state index is 0.0395. The Morgan fingerprint density at radius 2 is 2.40 bits per heavy atom. The molecule has 1 aromatic rings. The Labute approximate surface area is 117 Å². The van der Waals surface area contributed by atoms with Crippen LogP contribution < -0.4 is 5.32 Å². The van der Waals surface area contributed by atoms with Crippen molar-refractivity contribution in [2.24, 2.45) is 0 Å². The van der Waals surface area contributed by atoms with Crippen molar-refractivity contribution in [2.45, 2.75) is 44.6 Å². The molecule has 2 N–H and O–H groups in total. The summed E-state index contributed by atoms with van der Waals surface area (Å²) in [6, 6.07) is 0.185. The van der Waals surface area contributed by atoms with Crippen molar-refractivity contribution in [1.29, 1.82) is 0 Å². The second kappa shape index (κ2) is 5.64. The highest BCUT2D eigenvalue weighted by molar-refractivity contribution is 5.80. The number of hydrogen-bond donors (Lipinski definition) is 2. The highest BCUT2D eigenvalue weighted by Gasteiger charge is 2.23. The van der Waals surface area contributed by atoms with E-state index in [2.05, 4.69) is 15.5 Å². The highest BCUT2D eigenvalue weighted by Crippen LogP contribution is 2.18.